The zero-order valence-corrected chi connectivity index (χ0v) is 12.9. The predicted molar refractivity (Wildman–Crippen MR) is 82.9 cm³/mol. The molecular weight excluding hydrogens is 280 g/mol. The second-order valence-corrected chi connectivity index (χ2v) is 5.70. The van der Waals surface area contributed by atoms with Gasteiger partial charge in [0.1, 0.15) is 5.82 Å². The van der Waals surface area contributed by atoms with Gasteiger partial charge in [-0.15, -0.1) is 0 Å². The zero-order valence-electron chi connectivity index (χ0n) is 12.9. The number of hydrogen-bond acceptors (Lipinski definition) is 5. The van der Waals surface area contributed by atoms with Crippen molar-refractivity contribution in [3.63, 3.8) is 0 Å². The Morgan fingerprint density at radius 2 is 2.00 bits per heavy atom. The number of piperazine rings is 1. The van der Waals surface area contributed by atoms with Crippen molar-refractivity contribution < 1.29 is 9.21 Å². The molecular formula is C16H20N4O2. The van der Waals surface area contributed by atoms with Gasteiger partial charge in [0, 0.05) is 44.1 Å². The van der Waals surface area contributed by atoms with E-state index in [0.29, 0.717) is 18.8 Å². The highest BCUT2D eigenvalue weighted by molar-refractivity contribution is 5.93. The average molecular weight is 300 g/mol. The lowest BCUT2D eigenvalue weighted by Gasteiger charge is -2.35. The number of anilines is 1. The number of aromatic nitrogens is 2. The van der Waals surface area contributed by atoms with Gasteiger partial charge in [-0.25, -0.2) is 4.98 Å². The molecule has 0 saturated carbocycles. The van der Waals surface area contributed by atoms with Gasteiger partial charge in [0.05, 0.1) is 12.5 Å². The highest BCUT2D eigenvalue weighted by Gasteiger charge is 2.27. The molecule has 1 aliphatic heterocycles. The first-order chi connectivity index (χ1) is 10.7. The maximum Gasteiger partial charge on any atom is 0.289 e. The van der Waals surface area contributed by atoms with Crippen molar-refractivity contribution in [3.05, 3.63) is 42.2 Å². The molecule has 3 rings (SSSR count). The fourth-order valence-corrected chi connectivity index (χ4v) is 2.68. The molecule has 0 bridgehead atoms. The SMILES string of the molecule is CC(C)c1ccoc1C(=O)N1CCN(c2cnccn2)CC1. The Kier molecular flexibility index (Phi) is 4.09. The molecule has 1 fully saturated rings. The van der Waals surface area contributed by atoms with E-state index in [9.17, 15) is 4.79 Å². The summed E-state index contributed by atoms with van der Waals surface area (Å²) >= 11 is 0. The molecule has 22 heavy (non-hydrogen) atoms. The van der Waals surface area contributed by atoms with E-state index in [1.165, 1.54) is 0 Å². The summed E-state index contributed by atoms with van der Waals surface area (Å²) in [5.41, 5.74) is 0.973. The van der Waals surface area contributed by atoms with Gasteiger partial charge in [-0.3, -0.25) is 9.78 Å². The molecule has 0 unspecified atom stereocenters. The van der Waals surface area contributed by atoms with Crippen molar-refractivity contribution in [2.24, 2.45) is 0 Å². The first-order valence-corrected chi connectivity index (χ1v) is 7.54. The first-order valence-electron chi connectivity index (χ1n) is 7.54. The Morgan fingerprint density at radius 3 is 2.64 bits per heavy atom. The highest BCUT2D eigenvalue weighted by atomic mass is 16.3. The van der Waals surface area contributed by atoms with Gasteiger partial charge in [0.2, 0.25) is 0 Å². The minimum absolute atomic E-state index is 0.0208. The molecule has 116 valence electrons. The van der Waals surface area contributed by atoms with E-state index in [0.717, 1.165) is 24.5 Å². The molecule has 0 atom stereocenters. The van der Waals surface area contributed by atoms with Crippen LogP contribution < -0.4 is 4.90 Å². The van der Waals surface area contributed by atoms with Gasteiger partial charge in [-0.1, -0.05) is 13.8 Å². The molecule has 1 aliphatic rings. The quantitative estimate of drug-likeness (QED) is 0.869. The van der Waals surface area contributed by atoms with Crippen LogP contribution in [0.4, 0.5) is 5.82 Å². The van der Waals surface area contributed by atoms with E-state index in [2.05, 4.69) is 28.7 Å². The van der Waals surface area contributed by atoms with E-state index < -0.39 is 0 Å². The zero-order chi connectivity index (χ0) is 15.5. The summed E-state index contributed by atoms with van der Waals surface area (Å²) in [4.78, 5) is 25.0. The van der Waals surface area contributed by atoms with Crippen LogP contribution in [0.2, 0.25) is 0 Å². The third-order valence-corrected chi connectivity index (χ3v) is 3.95. The summed E-state index contributed by atoms with van der Waals surface area (Å²) in [6.45, 7) is 6.95. The van der Waals surface area contributed by atoms with E-state index in [-0.39, 0.29) is 11.8 Å². The lowest BCUT2D eigenvalue weighted by Crippen LogP contribution is -2.49. The summed E-state index contributed by atoms with van der Waals surface area (Å²) < 4.78 is 5.43. The standard InChI is InChI=1S/C16H20N4O2/c1-12(2)13-3-10-22-15(13)16(21)20-8-6-19(7-9-20)14-11-17-4-5-18-14/h3-5,10-12H,6-9H2,1-2H3. The minimum Gasteiger partial charge on any atom is -0.459 e. The van der Waals surface area contributed by atoms with Crippen LogP contribution >= 0.6 is 0 Å². The number of hydrogen-bond donors (Lipinski definition) is 0. The molecule has 0 aromatic carbocycles. The van der Waals surface area contributed by atoms with Gasteiger partial charge < -0.3 is 14.2 Å². The molecule has 6 nitrogen and oxygen atoms in total. The third kappa shape index (κ3) is 2.81. The molecule has 3 heterocycles. The molecule has 0 spiro atoms. The van der Waals surface area contributed by atoms with Crippen LogP contribution in [-0.2, 0) is 0 Å². The van der Waals surface area contributed by atoms with Gasteiger partial charge in [0.15, 0.2) is 5.76 Å². The molecule has 0 N–H and O–H groups in total. The third-order valence-electron chi connectivity index (χ3n) is 3.95. The van der Waals surface area contributed by atoms with E-state index in [1.54, 1.807) is 24.9 Å². The van der Waals surface area contributed by atoms with Crippen LogP contribution in [0.1, 0.15) is 35.9 Å². The number of carbonyl (C=O) groups is 1. The molecule has 2 aromatic rings. The van der Waals surface area contributed by atoms with Crippen LogP contribution in [0.5, 0.6) is 0 Å². The van der Waals surface area contributed by atoms with Crippen LogP contribution in [0.25, 0.3) is 0 Å². The van der Waals surface area contributed by atoms with Crippen molar-refractivity contribution in [1.29, 1.82) is 0 Å². The smallest absolute Gasteiger partial charge is 0.289 e. The summed E-state index contributed by atoms with van der Waals surface area (Å²) in [6, 6.07) is 1.88. The maximum atomic E-state index is 12.6. The number of furan rings is 1. The molecule has 6 heteroatoms. The molecule has 2 aromatic heterocycles. The molecule has 0 radical (unpaired) electrons. The fourth-order valence-electron chi connectivity index (χ4n) is 2.68. The predicted octanol–water partition coefficient (Wildman–Crippen LogP) is 2.16. The Labute approximate surface area is 129 Å². The van der Waals surface area contributed by atoms with Crippen molar-refractivity contribution in [3.8, 4) is 0 Å². The summed E-state index contributed by atoms with van der Waals surface area (Å²) in [6.07, 6.45) is 6.69. The largest absolute Gasteiger partial charge is 0.459 e. The minimum atomic E-state index is -0.0208. The lowest BCUT2D eigenvalue weighted by molar-refractivity contribution is 0.0712. The average Bonchev–Trinajstić information content (AvgIpc) is 3.05. The van der Waals surface area contributed by atoms with Crippen molar-refractivity contribution in [2.75, 3.05) is 31.1 Å². The topological polar surface area (TPSA) is 62.5 Å². The van der Waals surface area contributed by atoms with Crippen LogP contribution in [0, 0.1) is 0 Å². The lowest BCUT2D eigenvalue weighted by atomic mass is 10.0. The Hall–Kier alpha value is -2.37. The van der Waals surface area contributed by atoms with Crippen molar-refractivity contribution >= 4 is 11.7 Å². The Morgan fingerprint density at radius 1 is 1.23 bits per heavy atom. The fraction of sp³-hybridized carbons (Fsp3) is 0.438. The second kappa shape index (κ2) is 6.17. The van der Waals surface area contributed by atoms with Gasteiger partial charge in [-0.05, 0) is 12.0 Å². The molecule has 0 aliphatic carbocycles. The van der Waals surface area contributed by atoms with Gasteiger partial charge >= 0.3 is 0 Å². The Bertz CT molecular complexity index is 631. The monoisotopic (exact) mass is 300 g/mol. The van der Waals surface area contributed by atoms with E-state index in [1.807, 2.05) is 11.0 Å². The van der Waals surface area contributed by atoms with Gasteiger partial charge in [-0.2, -0.15) is 0 Å². The second-order valence-electron chi connectivity index (χ2n) is 5.70. The number of carbonyl (C=O) groups excluding carboxylic acids is 1. The Balaban J connectivity index is 1.66. The summed E-state index contributed by atoms with van der Waals surface area (Å²) in [5.74, 6) is 1.59. The normalized spacial score (nSPS) is 15.4. The summed E-state index contributed by atoms with van der Waals surface area (Å²) in [7, 11) is 0. The summed E-state index contributed by atoms with van der Waals surface area (Å²) in [5, 5.41) is 0. The van der Waals surface area contributed by atoms with Crippen LogP contribution in [0.15, 0.2) is 35.3 Å². The van der Waals surface area contributed by atoms with Crippen molar-refractivity contribution in [1.82, 2.24) is 14.9 Å². The number of amides is 1. The number of nitrogens with zero attached hydrogens (tertiary/aromatic N) is 4. The number of rotatable bonds is 3. The maximum absolute atomic E-state index is 12.6. The van der Waals surface area contributed by atoms with Crippen LogP contribution in [-0.4, -0.2) is 47.0 Å². The van der Waals surface area contributed by atoms with E-state index in [4.69, 9.17) is 4.42 Å². The van der Waals surface area contributed by atoms with E-state index >= 15 is 0 Å². The van der Waals surface area contributed by atoms with Crippen LogP contribution in [0.3, 0.4) is 0 Å². The highest BCUT2D eigenvalue weighted by Crippen LogP contribution is 2.23. The first kappa shape index (κ1) is 14.6. The van der Waals surface area contributed by atoms with Gasteiger partial charge in [0.25, 0.3) is 5.91 Å². The molecule has 1 saturated heterocycles. The van der Waals surface area contributed by atoms with Crippen molar-refractivity contribution in [2.45, 2.75) is 19.8 Å². The molecule has 1 amide bonds.